The summed E-state index contributed by atoms with van der Waals surface area (Å²) in [5.74, 6) is 0.730. The Morgan fingerprint density at radius 2 is 1.04 bits per heavy atom. The minimum Gasteiger partial charge on any atom is -0.456 e. The van der Waals surface area contributed by atoms with Gasteiger partial charge in [-0.1, -0.05) is 164 Å². The fourth-order valence-corrected chi connectivity index (χ4v) is 14.8. The first-order chi connectivity index (χ1) is 28.3. The third-order valence-corrected chi connectivity index (χ3v) is 16.8. The standard InChI is InChI=1S/C52H33N3OSi/c1-4-16-35(17-5-1)52-53-49(51-50(54-52)41-24-12-15-27-46(41)57(51,37-18-6-2-7-19-37)38-20-8-3-9-21-38)34-28-30-36(31-29-34)55-42-25-13-10-22-39(42)47-43(55)32-33-45-48(47)40-23-11-14-26-44(40)56-45/h1-33H. The number of benzene rings is 8. The maximum absolute atomic E-state index is 6.35. The number of nitrogens with zero attached hydrogens (tertiary/aromatic N) is 3. The van der Waals surface area contributed by atoms with Crippen LogP contribution in [0, 0.1) is 0 Å². The molecule has 0 amide bonds. The monoisotopic (exact) mass is 743 g/mol. The lowest BCUT2D eigenvalue weighted by Crippen LogP contribution is -2.73. The van der Waals surface area contributed by atoms with Crippen LogP contribution >= 0.6 is 0 Å². The summed E-state index contributed by atoms with van der Waals surface area (Å²) < 4.78 is 8.74. The fourth-order valence-electron chi connectivity index (χ4n) is 9.55. The summed E-state index contributed by atoms with van der Waals surface area (Å²) in [4.78, 5) is 11.0. The molecule has 0 bridgehead atoms. The number of para-hydroxylation sites is 2. The number of aromatic nitrogens is 3. The van der Waals surface area contributed by atoms with Crippen molar-refractivity contribution in [3.63, 3.8) is 0 Å². The van der Waals surface area contributed by atoms with Gasteiger partial charge in [-0.15, -0.1) is 0 Å². The van der Waals surface area contributed by atoms with Gasteiger partial charge in [-0.05, 0) is 52.0 Å². The van der Waals surface area contributed by atoms with Gasteiger partial charge in [-0.2, -0.15) is 0 Å². The Balaban J connectivity index is 1.13. The lowest BCUT2D eigenvalue weighted by Gasteiger charge is -2.32. The highest BCUT2D eigenvalue weighted by molar-refractivity contribution is 7.22. The van der Waals surface area contributed by atoms with Gasteiger partial charge >= 0.3 is 0 Å². The Kier molecular flexibility index (Phi) is 6.91. The number of rotatable bonds is 5. The van der Waals surface area contributed by atoms with E-state index in [2.05, 4.69) is 193 Å². The van der Waals surface area contributed by atoms with Crippen molar-refractivity contribution < 1.29 is 4.42 Å². The molecule has 0 saturated carbocycles. The number of fused-ring (bicyclic) bond motifs is 10. The second kappa shape index (κ2) is 12.3. The van der Waals surface area contributed by atoms with E-state index in [1.54, 1.807) is 0 Å². The molecule has 0 saturated heterocycles. The molecule has 11 aromatic rings. The highest BCUT2D eigenvalue weighted by Crippen LogP contribution is 2.41. The van der Waals surface area contributed by atoms with Crippen molar-refractivity contribution in [2.75, 3.05) is 0 Å². The molecule has 0 fully saturated rings. The summed E-state index contributed by atoms with van der Waals surface area (Å²) in [5, 5.41) is 9.92. The molecule has 4 nitrogen and oxygen atoms in total. The average Bonchev–Trinajstić information content (AvgIpc) is 3.93. The van der Waals surface area contributed by atoms with Gasteiger partial charge in [-0.3, -0.25) is 0 Å². The van der Waals surface area contributed by atoms with E-state index < -0.39 is 8.07 Å². The molecule has 1 aliphatic rings. The van der Waals surface area contributed by atoms with Crippen LogP contribution in [0.5, 0.6) is 0 Å². The zero-order valence-corrected chi connectivity index (χ0v) is 31.8. The Morgan fingerprint density at radius 1 is 0.421 bits per heavy atom. The average molecular weight is 744 g/mol. The first kappa shape index (κ1) is 32.0. The Morgan fingerprint density at radius 3 is 1.79 bits per heavy atom. The summed E-state index contributed by atoms with van der Waals surface area (Å²) in [6.45, 7) is 0. The van der Waals surface area contributed by atoms with Crippen LogP contribution in [0.25, 0.3) is 83.3 Å². The molecule has 0 spiro atoms. The van der Waals surface area contributed by atoms with Gasteiger partial charge < -0.3 is 8.98 Å². The van der Waals surface area contributed by atoms with Gasteiger partial charge in [0.15, 0.2) is 13.9 Å². The fraction of sp³-hybridized carbons (Fsp3) is 0. The summed E-state index contributed by atoms with van der Waals surface area (Å²) in [6, 6.07) is 71.9. The van der Waals surface area contributed by atoms with Crippen molar-refractivity contribution in [2.24, 2.45) is 0 Å². The molecule has 0 N–H and O–H groups in total. The molecule has 0 atom stereocenters. The van der Waals surface area contributed by atoms with Crippen molar-refractivity contribution >= 4 is 72.6 Å². The number of hydrogen-bond acceptors (Lipinski definition) is 3. The second-order valence-electron chi connectivity index (χ2n) is 14.8. The Hall–Kier alpha value is -7.34. The molecule has 8 aromatic carbocycles. The zero-order valence-electron chi connectivity index (χ0n) is 30.8. The molecule has 57 heavy (non-hydrogen) atoms. The van der Waals surface area contributed by atoms with Gasteiger partial charge in [0.2, 0.25) is 0 Å². The van der Waals surface area contributed by atoms with Gasteiger partial charge in [0.25, 0.3) is 0 Å². The van der Waals surface area contributed by atoms with Crippen LogP contribution in [-0.4, -0.2) is 22.6 Å². The minimum atomic E-state index is -2.90. The molecule has 266 valence electrons. The molecule has 4 heterocycles. The molecule has 12 rings (SSSR count). The molecular formula is C52H33N3OSi. The maximum Gasteiger partial charge on any atom is 0.185 e. The quantitative estimate of drug-likeness (QED) is 0.165. The van der Waals surface area contributed by atoms with Crippen LogP contribution in [0.4, 0.5) is 0 Å². The van der Waals surface area contributed by atoms with Gasteiger partial charge in [0.05, 0.1) is 22.4 Å². The predicted octanol–water partition coefficient (Wildman–Crippen LogP) is 10.2. The molecule has 0 aliphatic carbocycles. The third-order valence-electron chi connectivity index (χ3n) is 11.9. The van der Waals surface area contributed by atoms with E-state index in [4.69, 9.17) is 14.4 Å². The first-order valence-electron chi connectivity index (χ1n) is 19.4. The van der Waals surface area contributed by atoms with Crippen LogP contribution < -0.4 is 20.7 Å². The van der Waals surface area contributed by atoms with E-state index in [1.165, 1.54) is 37.1 Å². The van der Waals surface area contributed by atoms with E-state index >= 15 is 0 Å². The van der Waals surface area contributed by atoms with Crippen molar-refractivity contribution in [3.8, 4) is 39.6 Å². The SMILES string of the molecule is c1ccc(-c2nc(-c3ccc(-n4c5ccccc5c5c6c(ccc54)oc4ccccc46)cc3)c3c(n2)-c2ccccc2[Si]3(c2ccccc2)c2ccccc2)cc1. The summed E-state index contributed by atoms with van der Waals surface area (Å²) in [7, 11) is -2.90. The van der Waals surface area contributed by atoms with Gasteiger partial charge in [0.1, 0.15) is 11.2 Å². The van der Waals surface area contributed by atoms with E-state index in [0.717, 1.165) is 67.0 Å². The lowest BCUT2D eigenvalue weighted by molar-refractivity contribution is 0.669. The van der Waals surface area contributed by atoms with Gasteiger partial charge in [-0.25, -0.2) is 9.97 Å². The third kappa shape index (κ3) is 4.55. The summed E-state index contributed by atoms with van der Waals surface area (Å²) >= 11 is 0. The summed E-state index contributed by atoms with van der Waals surface area (Å²) in [6.07, 6.45) is 0. The Labute approximate surface area is 330 Å². The minimum absolute atomic E-state index is 0.730. The molecular weight excluding hydrogens is 711 g/mol. The van der Waals surface area contributed by atoms with Crippen molar-refractivity contribution in [1.82, 2.24) is 14.5 Å². The zero-order chi connectivity index (χ0) is 37.5. The topological polar surface area (TPSA) is 43.9 Å². The van der Waals surface area contributed by atoms with Crippen molar-refractivity contribution in [1.29, 1.82) is 0 Å². The van der Waals surface area contributed by atoms with Crippen LogP contribution in [0.3, 0.4) is 0 Å². The molecule has 1 aliphatic heterocycles. The smallest absolute Gasteiger partial charge is 0.185 e. The van der Waals surface area contributed by atoms with E-state index in [1.807, 2.05) is 12.1 Å². The normalized spacial score (nSPS) is 13.1. The van der Waals surface area contributed by atoms with Crippen LogP contribution in [0.15, 0.2) is 205 Å². The molecule has 3 aromatic heterocycles. The van der Waals surface area contributed by atoms with E-state index in [0.29, 0.717) is 0 Å². The summed E-state index contributed by atoms with van der Waals surface area (Å²) in [5.41, 5.74) is 10.4. The van der Waals surface area contributed by atoms with Crippen LogP contribution in [0.1, 0.15) is 0 Å². The second-order valence-corrected chi connectivity index (χ2v) is 18.5. The largest absolute Gasteiger partial charge is 0.456 e. The van der Waals surface area contributed by atoms with Crippen molar-refractivity contribution in [2.45, 2.75) is 0 Å². The van der Waals surface area contributed by atoms with E-state index in [-0.39, 0.29) is 0 Å². The first-order valence-corrected chi connectivity index (χ1v) is 21.4. The van der Waals surface area contributed by atoms with E-state index in [9.17, 15) is 0 Å². The highest BCUT2D eigenvalue weighted by atomic mass is 28.3. The van der Waals surface area contributed by atoms with Crippen molar-refractivity contribution in [3.05, 3.63) is 200 Å². The molecule has 0 radical (unpaired) electrons. The Bertz CT molecular complexity index is 3300. The van der Waals surface area contributed by atoms with Crippen LogP contribution in [-0.2, 0) is 0 Å². The maximum atomic E-state index is 6.35. The highest BCUT2D eigenvalue weighted by Gasteiger charge is 2.51. The van der Waals surface area contributed by atoms with Crippen LogP contribution in [0.2, 0.25) is 0 Å². The lowest BCUT2D eigenvalue weighted by atomic mass is 10.1. The molecule has 5 heteroatoms. The predicted molar refractivity (Wildman–Crippen MR) is 237 cm³/mol. The number of furan rings is 1. The van der Waals surface area contributed by atoms with Gasteiger partial charge in [0, 0.05) is 49.1 Å². The molecule has 0 unspecified atom stereocenters. The number of hydrogen-bond donors (Lipinski definition) is 0.